The first-order valence-corrected chi connectivity index (χ1v) is 14.3. The first-order valence-electron chi connectivity index (χ1n) is 10.8. The Hall–Kier alpha value is -1.22. The highest BCUT2D eigenvalue weighted by molar-refractivity contribution is 6.70. The van der Waals surface area contributed by atoms with Crippen molar-refractivity contribution in [2.75, 3.05) is 7.11 Å². The summed E-state index contributed by atoms with van der Waals surface area (Å²) in [4.78, 5) is 0. The summed E-state index contributed by atoms with van der Waals surface area (Å²) < 4.78 is 12.1. The van der Waals surface area contributed by atoms with Crippen molar-refractivity contribution >= 4 is 8.32 Å². The molecule has 0 heterocycles. The van der Waals surface area contributed by atoms with E-state index in [0.717, 1.165) is 17.6 Å². The number of rotatable bonds is 4. The molecule has 3 heteroatoms. The van der Waals surface area contributed by atoms with E-state index in [1.807, 2.05) is 0 Å². The Labute approximate surface area is 166 Å². The van der Waals surface area contributed by atoms with Crippen molar-refractivity contribution in [3.63, 3.8) is 0 Å². The van der Waals surface area contributed by atoms with E-state index in [4.69, 9.17) is 9.16 Å². The fourth-order valence-electron chi connectivity index (χ4n) is 6.35. The van der Waals surface area contributed by atoms with Crippen LogP contribution in [0, 0.1) is 23.2 Å². The third-order valence-electron chi connectivity index (χ3n) is 7.46. The third-order valence-corrected chi connectivity index (χ3v) is 8.29. The van der Waals surface area contributed by atoms with Crippen molar-refractivity contribution in [2.45, 2.75) is 71.5 Å². The lowest BCUT2D eigenvalue weighted by atomic mass is 9.53. The lowest BCUT2D eigenvalue weighted by Crippen LogP contribution is -2.44. The van der Waals surface area contributed by atoms with Gasteiger partial charge in [0.15, 0.2) is 0 Å². The minimum atomic E-state index is -1.58. The van der Waals surface area contributed by atoms with Gasteiger partial charge < -0.3 is 9.16 Å². The molecule has 0 unspecified atom stereocenters. The van der Waals surface area contributed by atoms with Crippen LogP contribution in [0.5, 0.6) is 5.75 Å². The second kappa shape index (κ2) is 6.68. The van der Waals surface area contributed by atoms with Crippen molar-refractivity contribution < 1.29 is 9.16 Å². The number of hydrogen-bond donors (Lipinski definition) is 0. The Morgan fingerprint density at radius 1 is 1.19 bits per heavy atom. The van der Waals surface area contributed by atoms with Gasteiger partial charge in [-0.25, -0.2) is 0 Å². The molecule has 1 aromatic carbocycles. The van der Waals surface area contributed by atoms with Crippen LogP contribution in [0.15, 0.2) is 30.0 Å². The predicted molar refractivity (Wildman–Crippen MR) is 115 cm³/mol. The predicted octanol–water partition coefficient (Wildman–Crippen LogP) is 6.53. The second-order valence-electron chi connectivity index (χ2n) is 10.2. The van der Waals surface area contributed by atoms with E-state index in [9.17, 15) is 0 Å². The summed E-state index contributed by atoms with van der Waals surface area (Å²) in [6.07, 6.45) is 8.83. The van der Waals surface area contributed by atoms with Gasteiger partial charge in [-0.15, -0.1) is 0 Å². The standard InChI is InChI=1S/C24H36O2Si/c1-7-16-15-22(26-27(4,5)6)24(2)13-12-20-19-11-9-18(25-3)14-17(19)8-10-21(20)23(16)24/h9,11,14-16,20-21,23H,7-8,10,12-13H2,1-6H3/t16-,20-,21-,23+,24-/m1/s1. The van der Waals surface area contributed by atoms with Crippen LogP contribution < -0.4 is 4.74 Å². The van der Waals surface area contributed by atoms with Crippen molar-refractivity contribution in [2.24, 2.45) is 23.2 Å². The maximum atomic E-state index is 6.67. The number of aryl methyl sites for hydroxylation is 1. The molecule has 0 N–H and O–H groups in total. The molecule has 1 aromatic rings. The lowest BCUT2D eigenvalue weighted by Gasteiger charge is -2.52. The van der Waals surface area contributed by atoms with E-state index in [2.05, 4.69) is 57.8 Å². The molecule has 5 atom stereocenters. The van der Waals surface area contributed by atoms with Crippen LogP contribution in [0.25, 0.3) is 0 Å². The van der Waals surface area contributed by atoms with Gasteiger partial charge in [0.2, 0.25) is 8.32 Å². The molecule has 1 saturated carbocycles. The van der Waals surface area contributed by atoms with Crippen molar-refractivity contribution in [1.82, 2.24) is 0 Å². The van der Waals surface area contributed by atoms with Crippen LogP contribution in [0.3, 0.4) is 0 Å². The van der Waals surface area contributed by atoms with Crippen LogP contribution in [0.1, 0.15) is 56.6 Å². The van der Waals surface area contributed by atoms with E-state index in [0.29, 0.717) is 11.8 Å². The van der Waals surface area contributed by atoms with Gasteiger partial charge in [0.1, 0.15) is 5.75 Å². The van der Waals surface area contributed by atoms with Crippen LogP contribution in [0.4, 0.5) is 0 Å². The number of methoxy groups -OCH3 is 1. The summed E-state index contributed by atoms with van der Waals surface area (Å²) in [6, 6.07) is 6.80. The van der Waals surface area contributed by atoms with E-state index in [1.54, 1.807) is 12.7 Å². The highest BCUT2D eigenvalue weighted by atomic mass is 28.4. The first-order chi connectivity index (χ1) is 12.8. The largest absolute Gasteiger partial charge is 0.547 e. The van der Waals surface area contributed by atoms with Crippen LogP contribution >= 0.6 is 0 Å². The van der Waals surface area contributed by atoms with Gasteiger partial charge in [0, 0.05) is 5.41 Å². The molecule has 2 nitrogen and oxygen atoms in total. The molecule has 1 fully saturated rings. The Balaban J connectivity index is 1.67. The number of fused-ring (bicyclic) bond motifs is 5. The molecule has 0 radical (unpaired) electrons. The molecule has 0 bridgehead atoms. The second-order valence-corrected chi connectivity index (χ2v) is 14.6. The Morgan fingerprint density at radius 3 is 2.63 bits per heavy atom. The Bertz CT molecular complexity index is 747. The SMILES string of the molecule is CC[C@@H]1C=C(O[Si](C)(C)C)[C@@]2(C)CC[C@@H]3c4ccc(OC)cc4CC[C@H]3[C@H]12. The summed E-state index contributed by atoms with van der Waals surface area (Å²) in [6.45, 7) is 11.8. The minimum absolute atomic E-state index is 0.242. The Morgan fingerprint density at radius 2 is 1.96 bits per heavy atom. The van der Waals surface area contributed by atoms with Gasteiger partial charge in [-0.05, 0) is 105 Å². The summed E-state index contributed by atoms with van der Waals surface area (Å²) in [7, 11) is 0.191. The molecule has 0 aromatic heterocycles. The normalized spacial score (nSPS) is 35.0. The topological polar surface area (TPSA) is 18.5 Å². The molecule has 0 amide bonds. The quantitative estimate of drug-likeness (QED) is 0.549. The Kier molecular flexibility index (Phi) is 4.73. The summed E-state index contributed by atoms with van der Waals surface area (Å²) >= 11 is 0. The highest BCUT2D eigenvalue weighted by Gasteiger charge is 2.56. The summed E-state index contributed by atoms with van der Waals surface area (Å²) in [5, 5.41) is 0. The van der Waals surface area contributed by atoms with E-state index < -0.39 is 8.32 Å². The number of ether oxygens (including phenoxy) is 1. The molecule has 3 aliphatic rings. The highest BCUT2D eigenvalue weighted by Crippen LogP contribution is 2.63. The van der Waals surface area contributed by atoms with Crippen LogP contribution in [-0.4, -0.2) is 15.4 Å². The fourth-order valence-corrected chi connectivity index (χ4v) is 7.31. The number of hydrogen-bond acceptors (Lipinski definition) is 2. The zero-order valence-corrected chi connectivity index (χ0v) is 19.0. The molecule has 27 heavy (non-hydrogen) atoms. The van der Waals surface area contributed by atoms with E-state index in [-0.39, 0.29) is 5.41 Å². The van der Waals surface area contributed by atoms with Crippen molar-refractivity contribution in [3.8, 4) is 5.75 Å². The smallest absolute Gasteiger partial charge is 0.241 e. The number of allylic oxidation sites excluding steroid dienone is 2. The van der Waals surface area contributed by atoms with Crippen molar-refractivity contribution in [3.05, 3.63) is 41.2 Å². The van der Waals surface area contributed by atoms with Gasteiger partial charge in [-0.3, -0.25) is 0 Å². The van der Waals surface area contributed by atoms with Gasteiger partial charge in [0.25, 0.3) is 0 Å². The average Bonchev–Trinajstić information content (AvgIpc) is 2.91. The lowest BCUT2D eigenvalue weighted by molar-refractivity contribution is 0.0255. The third kappa shape index (κ3) is 3.16. The maximum absolute atomic E-state index is 6.67. The van der Waals surface area contributed by atoms with Gasteiger partial charge in [-0.1, -0.05) is 19.9 Å². The van der Waals surface area contributed by atoms with E-state index in [1.165, 1.54) is 43.4 Å². The molecule has 0 saturated heterocycles. The van der Waals surface area contributed by atoms with Crippen molar-refractivity contribution in [1.29, 1.82) is 0 Å². The maximum Gasteiger partial charge on any atom is 0.241 e. The molecular weight excluding hydrogens is 348 g/mol. The average molecular weight is 385 g/mol. The molecule has 3 aliphatic carbocycles. The van der Waals surface area contributed by atoms with E-state index >= 15 is 0 Å². The van der Waals surface area contributed by atoms with Gasteiger partial charge in [-0.2, -0.15) is 0 Å². The molecule has 4 rings (SSSR count). The van der Waals surface area contributed by atoms with Gasteiger partial charge >= 0.3 is 0 Å². The minimum Gasteiger partial charge on any atom is -0.547 e. The van der Waals surface area contributed by atoms with Crippen LogP contribution in [0.2, 0.25) is 19.6 Å². The summed E-state index contributed by atoms with van der Waals surface area (Å²) in [5.41, 5.74) is 3.37. The molecule has 0 spiro atoms. The molecule has 0 aliphatic heterocycles. The zero-order valence-electron chi connectivity index (χ0n) is 18.0. The first kappa shape index (κ1) is 19.1. The molecule has 148 valence electrons. The van der Waals surface area contributed by atoms with Crippen LogP contribution in [-0.2, 0) is 10.8 Å². The fraction of sp³-hybridized carbons (Fsp3) is 0.667. The zero-order chi connectivity index (χ0) is 19.4. The van der Waals surface area contributed by atoms with Gasteiger partial charge in [0.05, 0.1) is 12.9 Å². The monoisotopic (exact) mass is 384 g/mol. The molecular formula is C24H36O2Si. The summed E-state index contributed by atoms with van der Waals surface area (Å²) in [5.74, 6) is 5.27. The number of benzene rings is 1.